The first-order valence-corrected chi connectivity index (χ1v) is 12.1. The summed E-state index contributed by atoms with van der Waals surface area (Å²) in [6.45, 7) is 2.27. The van der Waals surface area contributed by atoms with Crippen molar-refractivity contribution >= 4 is 28.6 Å². The van der Waals surface area contributed by atoms with Crippen LogP contribution in [0.25, 0.3) is 0 Å². The lowest BCUT2D eigenvalue weighted by atomic mass is 10.1. The lowest BCUT2D eigenvalue weighted by molar-refractivity contribution is -0.151. The number of carbonyl (C=O) groups excluding carboxylic acids is 3. The summed E-state index contributed by atoms with van der Waals surface area (Å²) in [7, 11) is 1.60. The van der Waals surface area contributed by atoms with Crippen molar-refractivity contribution in [1.29, 1.82) is 0 Å². The van der Waals surface area contributed by atoms with Crippen LogP contribution in [-0.2, 0) is 25.5 Å². The summed E-state index contributed by atoms with van der Waals surface area (Å²) in [5.41, 5.74) is 1.80. The Hall–Kier alpha value is -2.80. The maximum atomic E-state index is 12.3. The van der Waals surface area contributed by atoms with Crippen LogP contribution in [0.3, 0.4) is 0 Å². The molecule has 7 heteroatoms. The Morgan fingerprint density at radius 2 is 1.73 bits per heavy atom. The molecule has 176 valence electrons. The molecule has 1 aliphatic rings. The maximum Gasteiger partial charge on any atom is 0.306 e. The van der Waals surface area contributed by atoms with E-state index < -0.39 is 6.10 Å². The predicted molar refractivity (Wildman–Crippen MR) is 128 cm³/mol. The van der Waals surface area contributed by atoms with Gasteiger partial charge in [-0.15, -0.1) is 0 Å². The van der Waals surface area contributed by atoms with Crippen molar-refractivity contribution in [1.82, 2.24) is 0 Å². The number of thioether (sulfide) groups is 1. The number of hydrogen-bond acceptors (Lipinski definition) is 7. The Morgan fingerprint density at radius 3 is 2.33 bits per heavy atom. The predicted octanol–water partition coefficient (Wildman–Crippen LogP) is 5.08. The summed E-state index contributed by atoms with van der Waals surface area (Å²) >= 11 is 1.12. The van der Waals surface area contributed by atoms with Crippen LogP contribution in [0.15, 0.2) is 48.5 Å². The van der Waals surface area contributed by atoms with E-state index in [1.54, 1.807) is 7.11 Å². The molecule has 6 nitrogen and oxygen atoms in total. The van der Waals surface area contributed by atoms with Gasteiger partial charge in [0.1, 0.15) is 18.1 Å². The molecule has 0 amide bonds. The molecule has 1 saturated heterocycles. The second-order valence-electron chi connectivity index (χ2n) is 7.99. The molecule has 2 aromatic carbocycles. The van der Waals surface area contributed by atoms with Crippen LogP contribution in [0.1, 0.15) is 56.3 Å². The molecule has 1 heterocycles. The first-order chi connectivity index (χ1) is 16.0. The van der Waals surface area contributed by atoms with Crippen LogP contribution in [0, 0.1) is 0 Å². The summed E-state index contributed by atoms with van der Waals surface area (Å²) in [6, 6.07) is 14.8. The highest BCUT2D eigenvalue weighted by Gasteiger charge is 2.31. The molecular weight excluding hydrogens is 440 g/mol. The van der Waals surface area contributed by atoms with Gasteiger partial charge in [-0.05, 0) is 48.2 Å². The van der Waals surface area contributed by atoms with Crippen molar-refractivity contribution in [3.05, 3.63) is 59.7 Å². The fourth-order valence-corrected chi connectivity index (χ4v) is 4.57. The molecule has 3 rings (SSSR count). The van der Waals surface area contributed by atoms with E-state index in [0.717, 1.165) is 47.9 Å². The van der Waals surface area contributed by atoms with E-state index >= 15 is 0 Å². The zero-order valence-corrected chi connectivity index (χ0v) is 19.9. The third-order valence-electron chi connectivity index (χ3n) is 5.44. The second-order valence-corrected chi connectivity index (χ2v) is 9.25. The lowest BCUT2D eigenvalue weighted by Gasteiger charge is -2.19. The number of hydrogen-bond donors (Lipinski definition) is 0. The van der Waals surface area contributed by atoms with Crippen LogP contribution in [-0.4, -0.2) is 35.8 Å². The summed E-state index contributed by atoms with van der Waals surface area (Å²) < 4.78 is 16.9. The van der Waals surface area contributed by atoms with E-state index in [4.69, 9.17) is 14.2 Å². The van der Waals surface area contributed by atoms with Gasteiger partial charge in [-0.1, -0.05) is 55.8 Å². The third-order valence-corrected chi connectivity index (χ3v) is 6.56. The summed E-state index contributed by atoms with van der Waals surface area (Å²) in [6.07, 6.45) is 3.24. The Labute approximate surface area is 199 Å². The number of rotatable bonds is 12. The van der Waals surface area contributed by atoms with Crippen LogP contribution < -0.4 is 9.47 Å². The van der Waals surface area contributed by atoms with Gasteiger partial charge in [-0.25, -0.2) is 0 Å². The standard InChI is InChI=1S/C26H30O6S/c1-3-4-5-6-25(28)32-23(19-9-13-20(30-2)14-10-19)17-31-21-11-7-18(8-12-21)15-24-22(27)16-26(29)33-24/h7-14,23-24H,3-6,15-17H2,1-2H3. The maximum absolute atomic E-state index is 12.3. The largest absolute Gasteiger partial charge is 0.497 e. The first-order valence-electron chi connectivity index (χ1n) is 11.3. The molecule has 0 aromatic heterocycles. The highest BCUT2D eigenvalue weighted by atomic mass is 32.2. The summed E-state index contributed by atoms with van der Waals surface area (Å²) in [5, 5.41) is -0.352. The molecule has 0 saturated carbocycles. The van der Waals surface area contributed by atoms with E-state index in [2.05, 4.69) is 6.92 Å². The van der Waals surface area contributed by atoms with Gasteiger partial charge < -0.3 is 14.2 Å². The van der Waals surface area contributed by atoms with Crippen molar-refractivity contribution in [3.63, 3.8) is 0 Å². The lowest BCUT2D eigenvalue weighted by Crippen LogP contribution is -2.18. The number of Topliss-reactive ketones (excluding diaryl/α,β-unsaturated/α-hetero) is 1. The van der Waals surface area contributed by atoms with E-state index in [1.807, 2.05) is 48.5 Å². The number of unbranched alkanes of at least 4 members (excludes halogenated alkanes) is 2. The van der Waals surface area contributed by atoms with Crippen molar-refractivity contribution in [2.45, 2.75) is 56.8 Å². The average molecular weight is 471 g/mol. The zero-order chi connectivity index (χ0) is 23.6. The molecule has 1 aliphatic heterocycles. The highest BCUT2D eigenvalue weighted by molar-refractivity contribution is 8.15. The van der Waals surface area contributed by atoms with E-state index in [1.165, 1.54) is 0 Å². The Kier molecular flexibility index (Phi) is 9.36. The van der Waals surface area contributed by atoms with Crippen molar-refractivity contribution < 1.29 is 28.6 Å². The number of esters is 1. The minimum Gasteiger partial charge on any atom is -0.497 e. The quantitative estimate of drug-likeness (QED) is 0.243. The molecule has 2 unspecified atom stereocenters. The number of carbonyl (C=O) groups is 3. The van der Waals surface area contributed by atoms with Crippen molar-refractivity contribution in [2.24, 2.45) is 0 Å². The normalized spacial score (nSPS) is 16.5. The Balaban J connectivity index is 1.60. The van der Waals surface area contributed by atoms with E-state index in [-0.39, 0.29) is 35.1 Å². The average Bonchev–Trinajstić information content (AvgIpc) is 3.14. The monoisotopic (exact) mass is 470 g/mol. The minimum absolute atomic E-state index is 0.00610. The fourth-order valence-electron chi connectivity index (χ4n) is 3.54. The molecule has 1 fully saturated rings. The van der Waals surface area contributed by atoms with Gasteiger partial charge >= 0.3 is 5.97 Å². The molecule has 33 heavy (non-hydrogen) atoms. The van der Waals surface area contributed by atoms with Crippen LogP contribution >= 0.6 is 11.8 Å². The van der Waals surface area contributed by atoms with Gasteiger partial charge in [0.25, 0.3) is 0 Å². The van der Waals surface area contributed by atoms with Crippen LogP contribution in [0.2, 0.25) is 0 Å². The smallest absolute Gasteiger partial charge is 0.306 e. The SMILES string of the molecule is CCCCCC(=O)OC(COc1ccc(CC2SC(=O)CC2=O)cc1)c1ccc(OC)cc1. The first kappa shape index (κ1) is 24.8. The van der Waals surface area contributed by atoms with Crippen LogP contribution in [0.5, 0.6) is 11.5 Å². The number of ether oxygens (including phenoxy) is 3. The van der Waals surface area contributed by atoms with Crippen LogP contribution in [0.4, 0.5) is 0 Å². The van der Waals surface area contributed by atoms with Gasteiger partial charge in [-0.3, -0.25) is 14.4 Å². The third kappa shape index (κ3) is 7.63. The molecule has 2 atom stereocenters. The molecule has 0 radical (unpaired) electrons. The second kappa shape index (κ2) is 12.4. The molecule has 0 bridgehead atoms. The highest BCUT2D eigenvalue weighted by Crippen LogP contribution is 2.29. The molecule has 2 aromatic rings. The zero-order valence-electron chi connectivity index (χ0n) is 19.1. The number of benzene rings is 2. The fraction of sp³-hybridized carbons (Fsp3) is 0.423. The topological polar surface area (TPSA) is 78.9 Å². The molecule has 0 spiro atoms. The van der Waals surface area contributed by atoms with E-state index in [9.17, 15) is 14.4 Å². The van der Waals surface area contributed by atoms with Gasteiger partial charge in [0.05, 0.1) is 18.8 Å². The molecule has 0 N–H and O–H groups in total. The van der Waals surface area contributed by atoms with Gasteiger partial charge in [0.2, 0.25) is 0 Å². The van der Waals surface area contributed by atoms with E-state index in [0.29, 0.717) is 18.6 Å². The summed E-state index contributed by atoms with van der Waals surface area (Å²) in [4.78, 5) is 35.6. The molecule has 0 aliphatic carbocycles. The van der Waals surface area contributed by atoms with Crippen molar-refractivity contribution in [2.75, 3.05) is 13.7 Å². The van der Waals surface area contributed by atoms with Gasteiger partial charge in [0, 0.05) is 6.42 Å². The Morgan fingerprint density at radius 1 is 1.03 bits per heavy atom. The Bertz CT molecular complexity index is 938. The van der Waals surface area contributed by atoms with Gasteiger partial charge in [0.15, 0.2) is 17.0 Å². The van der Waals surface area contributed by atoms with Crippen molar-refractivity contribution in [3.8, 4) is 11.5 Å². The van der Waals surface area contributed by atoms with Gasteiger partial charge in [-0.2, -0.15) is 0 Å². The number of methoxy groups -OCH3 is 1. The molecular formula is C26H30O6S. The number of ketones is 1. The minimum atomic E-state index is -0.539. The summed E-state index contributed by atoms with van der Waals surface area (Å²) in [5.74, 6) is 1.12.